The first-order chi connectivity index (χ1) is 24.6. The molecule has 3 N–H and O–H groups in total. The number of carbonyl (C=O) groups is 1. The monoisotopic (exact) mass is 712 g/mol. The molecule has 0 bridgehead atoms. The van der Waals surface area contributed by atoms with Crippen LogP contribution in [0.2, 0.25) is 5.02 Å². The number of hydrogen-bond acceptors (Lipinski definition) is 9. The highest BCUT2D eigenvalue weighted by Crippen LogP contribution is 2.36. The molecule has 0 unspecified atom stereocenters. The summed E-state index contributed by atoms with van der Waals surface area (Å²) in [4.78, 5) is 18.4. The van der Waals surface area contributed by atoms with Gasteiger partial charge in [-0.25, -0.2) is 0 Å². The number of aliphatic hydroxyl groups is 1. The van der Waals surface area contributed by atoms with Gasteiger partial charge in [0.1, 0.15) is 42.1 Å². The Kier molecular flexibility index (Phi) is 12.9. The highest BCUT2D eigenvalue weighted by atomic mass is 35.5. The normalized spacial score (nSPS) is 14.1. The van der Waals surface area contributed by atoms with Gasteiger partial charge in [-0.1, -0.05) is 41.9 Å². The van der Waals surface area contributed by atoms with Crippen molar-refractivity contribution in [1.29, 1.82) is 5.26 Å². The Bertz CT molecular complexity index is 1870. The molecule has 268 valence electrons. The van der Waals surface area contributed by atoms with E-state index in [0.29, 0.717) is 39.8 Å². The van der Waals surface area contributed by atoms with E-state index in [9.17, 15) is 20.3 Å². The van der Waals surface area contributed by atoms with Crippen LogP contribution in [0.1, 0.15) is 59.6 Å². The topological polar surface area (TPSA) is 137 Å². The minimum Gasteiger partial charge on any atom is -0.493 e. The molecule has 1 aliphatic heterocycles. The van der Waals surface area contributed by atoms with Crippen molar-refractivity contribution in [3.05, 3.63) is 105 Å². The number of nitriles is 1. The summed E-state index contributed by atoms with van der Waals surface area (Å²) in [5.74, 6) is 0.473. The van der Waals surface area contributed by atoms with Crippen molar-refractivity contribution >= 4 is 17.6 Å². The first-order valence-electron chi connectivity index (χ1n) is 17.2. The van der Waals surface area contributed by atoms with Gasteiger partial charge in [0, 0.05) is 42.7 Å². The fourth-order valence-electron chi connectivity index (χ4n) is 6.06. The van der Waals surface area contributed by atoms with E-state index in [0.717, 1.165) is 46.5 Å². The fourth-order valence-corrected chi connectivity index (χ4v) is 6.30. The Morgan fingerprint density at radius 3 is 2.41 bits per heavy atom. The lowest BCUT2D eigenvalue weighted by Crippen LogP contribution is -2.52. The van der Waals surface area contributed by atoms with Gasteiger partial charge in [0.05, 0.1) is 23.8 Å². The van der Waals surface area contributed by atoms with Crippen molar-refractivity contribution in [2.75, 3.05) is 32.8 Å². The highest BCUT2D eigenvalue weighted by molar-refractivity contribution is 6.32. The number of ether oxygens (including phenoxy) is 3. The average molecular weight is 713 g/mol. The Morgan fingerprint density at radius 1 is 0.961 bits per heavy atom. The summed E-state index contributed by atoms with van der Waals surface area (Å²) in [7, 11) is 0. The number of hydrogen-bond donors (Lipinski definition) is 3. The fraction of sp³-hybridized carbons (Fsp3) is 0.375. The Balaban J connectivity index is 1.33. The Morgan fingerprint density at radius 2 is 1.69 bits per heavy atom. The van der Waals surface area contributed by atoms with Gasteiger partial charge in [0.25, 0.3) is 0 Å². The molecule has 1 aliphatic rings. The van der Waals surface area contributed by atoms with E-state index in [1.807, 2.05) is 24.3 Å². The number of benzene rings is 3. The van der Waals surface area contributed by atoms with Gasteiger partial charge in [0.15, 0.2) is 0 Å². The number of carboxylic acids is 1. The van der Waals surface area contributed by atoms with E-state index in [4.69, 9.17) is 25.8 Å². The minimum absolute atomic E-state index is 0.0386. The number of nitrogens with zero attached hydrogens (tertiary/aromatic N) is 3. The van der Waals surface area contributed by atoms with Crippen LogP contribution >= 0.6 is 11.6 Å². The molecule has 0 amide bonds. The first kappa shape index (κ1) is 37.6. The second-order valence-electron chi connectivity index (χ2n) is 13.1. The molecule has 0 saturated carbocycles. The molecular formula is C40H45ClN4O6. The van der Waals surface area contributed by atoms with Crippen molar-refractivity contribution in [3.63, 3.8) is 0 Å². The summed E-state index contributed by atoms with van der Waals surface area (Å²) in [6, 6.07) is 19.4. The van der Waals surface area contributed by atoms with Crippen LogP contribution in [0.5, 0.6) is 17.2 Å². The minimum atomic E-state index is -1.58. The van der Waals surface area contributed by atoms with Crippen LogP contribution in [0, 0.1) is 25.2 Å². The Labute approximate surface area is 304 Å². The zero-order valence-electron chi connectivity index (χ0n) is 29.4. The molecule has 5 rings (SSSR count). The predicted octanol–water partition coefficient (Wildman–Crippen LogP) is 6.84. The van der Waals surface area contributed by atoms with Crippen LogP contribution in [0.3, 0.4) is 0 Å². The lowest BCUT2D eigenvalue weighted by molar-refractivity contribution is -0.145. The van der Waals surface area contributed by atoms with E-state index in [1.54, 1.807) is 24.4 Å². The predicted molar refractivity (Wildman–Crippen MR) is 196 cm³/mol. The number of halogens is 1. The van der Waals surface area contributed by atoms with E-state index in [2.05, 4.69) is 47.3 Å². The number of aromatic nitrogens is 1. The number of aliphatic hydroxyl groups excluding tert-OH is 1. The smallest absolute Gasteiger partial charge is 0.326 e. The lowest BCUT2D eigenvalue weighted by atomic mass is 9.93. The maximum Gasteiger partial charge on any atom is 0.326 e. The number of likely N-dealkylation sites (tertiary alicyclic amines) is 1. The van der Waals surface area contributed by atoms with Crippen molar-refractivity contribution < 1.29 is 29.2 Å². The molecule has 0 spiro atoms. The average Bonchev–Trinajstić information content (AvgIpc) is 3.66. The van der Waals surface area contributed by atoms with Crippen molar-refractivity contribution in [3.8, 4) is 34.4 Å². The van der Waals surface area contributed by atoms with E-state index < -0.39 is 18.1 Å². The van der Waals surface area contributed by atoms with Crippen LogP contribution in [0.25, 0.3) is 11.1 Å². The third-order valence-corrected chi connectivity index (χ3v) is 9.66. The van der Waals surface area contributed by atoms with Crippen molar-refractivity contribution in [2.24, 2.45) is 0 Å². The zero-order chi connectivity index (χ0) is 36.4. The summed E-state index contributed by atoms with van der Waals surface area (Å²) in [5, 5.41) is 31.9. The third-order valence-electron chi connectivity index (χ3n) is 9.37. The summed E-state index contributed by atoms with van der Waals surface area (Å²) in [6.45, 7) is 9.44. The highest BCUT2D eigenvalue weighted by Gasteiger charge is 2.32. The quantitative estimate of drug-likeness (QED) is 0.0999. The molecule has 10 nitrogen and oxygen atoms in total. The van der Waals surface area contributed by atoms with Gasteiger partial charge < -0.3 is 29.3 Å². The standard InChI is InChI=1S/C40H45ClN4O6/c1-27-31(9-6-10-33(27)34-11-7-12-36(28(34)2)49-16-8-15-45-13-4-5-14-45)25-51-38-19-37(50-24-30-17-29(20-42)21-43-22-30)32(18-35(38)41)23-44-40(3,26-46)39(47)48/h6-7,9-12,17-19,21-22,44,46H,4-5,8,13-16,23-26H2,1-3H3,(H,47,48)/t40-/m0/s1. The summed E-state index contributed by atoms with van der Waals surface area (Å²) in [5.41, 5.74) is 5.39. The zero-order valence-corrected chi connectivity index (χ0v) is 30.1. The maximum atomic E-state index is 11.8. The lowest BCUT2D eigenvalue weighted by Gasteiger charge is -2.25. The summed E-state index contributed by atoms with van der Waals surface area (Å²) in [6.07, 6.45) is 6.65. The summed E-state index contributed by atoms with van der Waals surface area (Å²) >= 11 is 6.73. The van der Waals surface area contributed by atoms with E-state index in [1.165, 1.54) is 39.1 Å². The Hall–Kier alpha value is -4.66. The molecule has 11 heteroatoms. The van der Waals surface area contributed by atoms with E-state index >= 15 is 0 Å². The largest absolute Gasteiger partial charge is 0.493 e. The second-order valence-corrected chi connectivity index (χ2v) is 13.5. The van der Waals surface area contributed by atoms with Gasteiger partial charge in [-0.3, -0.25) is 15.1 Å². The van der Waals surface area contributed by atoms with Gasteiger partial charge >= 0.3 is 5.97 Å². The SMILES string of the molecule is Cc1c(COc2cc(OCc3cncc(C#N)c3)c(CN[C@@](C)(CO)C(=O)O)cc2Cl)cccc1-c1cccc(OCCCN2CCCC2)c1C. The molecule has 2 heterocycles. The third kappa shape index (κ3) is 9.57. The van der Waals surface area contributed by atoms with Gasteiger partial charge in [-0.2, -0.15) is 5.26 Å². The molecule has 1 aromatic heterocycles. The molecule has 51 heavy (non-hydrogen) atoms. The van der Waals surface area contributed by atoms with E-state index in [-0.39, 0.29) is 19.8 Å². The van der Waals surface area contributed by atoms with Crippen LogP contribution in [-0.2, 0) is 24.6 Å². The van der Waals surface area contributed by atoms with Gasteiger partial charge in [-0.05, 0) is 99.1 Å². The number of rotatable bonds is 17. The first-order valence-corrected chi connectivity index (χ1v) is 17.5. The van der Waals surface area contributed by atoms with Crippen LogP contribution in [-0.4, -0.2) is 64.5 Å². The maximum absolute atomic E-state index is 11.8. The van der Waals surface area contributed by atoms with Gasteiger partial charge in [-0.15, -0.1) is 0 Å². The second kappa shape index (κ2) is 17.5. The van der Waals surface area contributed by atoms with Crippen LogP contribution < -0.4 is 19.5 Å². The summed E-state index contributed by atoms with van der Waals surface area (Å²) < 4.78 is 18.7. The van der Waals surface area contributed by atoms with Crippen molar-refractivity contribution in [1.82, 2.24) is 15.2 Å². The molecule has 1 fully saturated rings. The number of aliphatic carboxylic acids is 1. The van der Waals surface area contributed by atoms with Crippen molar-refractivity contribution in [2.45, 2.75) is 65.3 Å². The molecule has 4 aromatic rings. The number of pyridine rings is 1. The van der Waals surface area contributed by atoms with Crippen LogP contribution in [0.15, 0.2) is 67.0 Å². The van der Waals surface area contributed by atoms with Gasteiger partial charge in [0.2, 0.25) is 0 Å². The number of carboxylic acid groups (broad SMARTS) is 1. The van der Waals surface area contributed by atoms with Crippen LogP contribution in [0.4, 0.5) is 0 Å². The molecule has 3 aromatic carbocycles. The molecule has 1 atom stereocenters. The molecule has 1 saturated heterocycles. The molecule has 0 radical (unpaired) electrons. The molecular weight excluding hydrogens is 668 g/mol. The molecule has 0 aliphatic carbocycles. The number of nitrogens with one attached hydrogen (secondary N) is 1.